The molecule has 5 rings (SSSR count). The third-order valence-corrected chi connectivity index (χ3v) is 7.23. The van der Waals surface area contributed by atoms with Crippen LogP contribution < -0.4 is 14.4 Å². The van der Waals surface area contributed by atoms with E-state index in [9.17, 15) is 0 Å². The Labute approximate surface area is 222 Å². The van der Waals surface area contributed by atoms with Gasteiger partial charge >= 0.3 is 0 Å². The van der Waals surface area contributed by atoms with Crippen LogP contribution in [0.25, 0.3) is 10.9 Å². The van der Waals surface area contributed by atoms with Crippen molar-refractivity contribution < 1.29 is 9.47 Å². The number of anilines is 1. The van der Waals surface area contributed by atoms with Gasteiger partial charge in [-0.3, -0.25) is 9.58 Å². The van der Waals surface area contributed by atoms with Gasteiger partial charge in [0, 0.05) is 67.5 Å². The maximum atomic E-state index is 6.35. The van der Waals surface area contributed by atoms with Crippen molar-refractivity contribution in [3.05, 3.63) is 64.8 Å². The van der Waals surface area contributed by atoms with E-state index in [1.54, 1.807) is 20.5 Å². The summed E-state index contributed by atoms with van der Waals surface area (Å²) >= 11 is 6.35. The molecule has 4 aromatic rings. The smallest absolute Gasteiger partial charge is 0.162 e. The minimum Gasteiger partial charge on any atom is -0.493 e. The molecule has 36 heavy (non-hydrogen) atoms. The average molecular weight is 531 g/mol. The van der Waals surface area contributed by atoms with E-state index >= 15 is 0 Å². The molecular formula is C26H32Cl2N6O2. The summed E-state index contributed by atoms with van der Waals surface area (Å²) in [4.78, 5) is 12.3. The number of H-pyrrole nitrogens is 1. The highest BCUT2D eigenvalue weighted by Gasteiger charge is 2.21. The maximum absolute atomic E-state index is 6.35. The minimum atomic E-state index is 0. The van der Waals surface area contributed by atoms with Crippen molar-refractivity contribution in [2.75, 3.05) is 51.8 Å². The number of ether oxygens (including phenoxy) is 2. The number of nitrogens with zero attached hydrogens (tertiary/aromatic N) is 5. The molecule has 0 bridgehead atoms. The molecule has 10 heteroatoms. The second kappa shape index (κ2) is 11.4. The fourth-order valence-electron chi connectivity index (χ4n) is 4.82. The van der Waals surface area contributed by atoms with E-state index in [1.807, 2.05) is 35.1 Å². The molecular weight excluding hydrogens is 499 g/mol. The van der Waals surface area contributed by atoms with Crippen LogP contribution in [0.2, 0.25) is 5.02 Å². The van der Waals surface area contributed by atoms with E-state index in [0.29, 0.717) is 18.0 Å². The first kappa shape index (κ1) is 26.1. The highest BCUT2D eigenvalue weighted by molar-refractivity contribution is 6.31. The van der Waals surface area contributed by atoms with Gasteiger partial charge in [0.1, 0.15) is 0 Å². The third-order valence-electron chi connectivity index (χ3n) is 6.82. The fraction of sp³-hybridized carbons (Fsp3) is 0.385. The lowest BCUT2D eigenvalue weighted by molar-refractivity contribution is 0.260. The molecule has 192 valence electrons. The van der Waals surface area contributed by atoms with Crippen molar-refractivity contribution in [1.29, 1.82) is 0 Å². The van der Waals surface area contributed by atoms with Crippen molar-refractivity contribution in [3.8, 4) is 11.5 Å². The van der Waals surface area contributed by atoms with Gasteiger partial charge in [-0.05, 0) is 30.7 Å². The van der Waals surface area contributed by atoms with Crippen molar-refractivity contribution in [2.45, 2.75) is 19.9 Å². The molecule has 1 fully saturated rings. The molecule has 0 atom stereocenters. The zero-order valence-corrected chi connectivity index (χ0v) is 22.4. The molecule has 0 spiro atoms. The molecule has 1 saturated heterocycles. The number of aromatic nitrogens is 4. The van der Waals surface area contributed by atoms with Crippen LogP contribution in [0.3, 0.4) is 0 Å². The van der Waals surface area contributed by atoms with E-state index in [4.69, 9.17) is 26.2 Å². The highest BCUT2D eigenvalue weighted by atomic mass is 35.5. The van der Waals surface area contributed by atoms with Crippen LogP contribution in [0.5, 0.6) is 11.5 Å². The molecule has 0 radical (unpaired) electrons. The summed E-state index contributed by atoms with van der Waals surface area (Å²) in [5.74, 6) is 1.41. The molecule has 0 saturated carbocycles. The maximum Gasteiger partial charge on any atom is 0.162 e. The monoisotopic (exact) mass is 530 g/mol. The molecule has 2 aromatic carbocycles. The summed E-state index contributed by atoms with van der Waals surface area (Å²) in [6.07, 6.45) is 4.38. The lowest BCUT2D eigenvalue weighted by Crippen LogP contribution is -2.47. The van der Waals surface area contributed by atoms with Crippen molar-refractivity contribution in [2.24, 2.45) is 0 Å². The van der Waals surface area contributed by atoms with Crippen LogP contribution in [-0.2, 0) is 13.0 Å². The van der Waals surface area contributed by atoms with Crippen molar-refractivity contribution >= 4 is 40.6 Å². The Kier molecular flexibility index (Phi) is 8.28. The number of methoxy groups -OCH3 is 2. The van der Waals surface area contributed by atoms with Crippen LogP contribution in [0.4, 0.5) is 5.69 Å². The van der Waals surface area contributed by atoms with Gasteiger partial charge in [-0.15, -0.1) is 12.4 Å². The number of piperazine rings is 1. The van der Waals surface area contributed by atoms with Gasteiger partial charge in [-0.2, -0.15) is 5.10 Å². The molecule has 3 heterocycles. The number of aromatic amines is 1. The summed E-state index contributed by atoms with van der Waals surface area (Å²) in [6.45, 7) is 7.66. The Morgan fingerprint density at radius 2 is 1.81 bits per heavy atom. The zero-order chi connectivity index (χ0) is 24.4. The number of halogens is 2. The summed E-state index contributed by atoms with van der Waals surface area (Å²) in [7, 11) is 3.32. The number of benzene rings is 2. The number of nitrogens with one attached hydrogen (secondary N) is 1. The number of rotatable bonds is 8. The summed E-state index contributed by atoms with van der Waals surface area (Å²) in [5, 5.41) is 6.91. The predicted octanol–water partition coefficient (Wildman–Crippen LogP) is 4.57. The third kappa shape index (κ3) is 5.26. The van der Waals surface area contributed by atoms with E-state index in [2.05, 4.69) is 32.8 Å². The summed E-state index contributed by atoms with van der Waals surface area (Å²) < 4.78 is 13.1. The van der Waals surface area contributed by atoms with Gasteiger partial charge in [0.25, 0.3) is 0 Å². The molecule has 0 amide bonds. The van der Waals surface area contributed by atoms with E-state index < -0.39 is 0 Å². The molecule has 2 aromatic heterocycles. The van der Waals surface area contributed by atoms with Gasteiger partial charge in [-0.1, -0.05) is 17.7 Å². The standard InChI is InChI=1S/C26H31ClN6O2.ClH/c1-18-21(27)5-4-6-23(18)32-11-9-31(10-12-32)8-7-22-20-13-25(34-2)26(35-3)14-24(20)33(30-22)16-19-15-28-17-29-19;/h4-6,13-15,17H,7-12,16H2,1-3H3,(H,28,29);1H. The molecule has 0 aliphatic carbocycles. The largest absolute Gasteiger partial charge is 0.493 e. The van der Waals surface area contributed by atoms with Crippen molar-refractivity contribution in [3.63, 3.8) is 0 Å². The first-order chi connectivity index (χ1) is 17.1. The predicted molar refractivity (Wildman–Crippen MR) is 146 cm³/mol. The Hall–Kier alpha value is -2.94. The first-order valence-corrected chi connectivity index (χ1v) is 12.3. The summed E-state index contributed by atoms with van der Waals surface area (Å²) in [5.41, 5.74) is 5.48. The van der Waals surface area contributed by atoms with Crippen molar-refractivity contribution in [1.82, 2.24) is 24.6 Å². The average Bonchev–Trinajstić information content (AvgIpc) is 3.52. The topological polar surface area (TPSA) is 71.4 Å². The van der Waals surface area contributed by atoms with Crippen LogP contribution in [0.15, 0.2) is 42.9 Å². The van der Waals surface area contributed by atoms with Crippen LogP contribution in [0.1, 0.15) is 17.0 Å². The van der Waals surface area contributed by atoms with E-state index in [1.165, 1.54) is 5.69 Å². The van der Waals surface area contributed by atoms with E-state index in [0.717, 1.165) is 72.0 Å². The van der Waals surface area contributed by atoms with Crippen LogP contribution in [-0.4, -0.2) is 71.6 Å². The molecule has 1 aliphatic heterocycles. The molecule has 8 nitrogen and oxygen atoms in total. The Bertz CT molecular complexity index is 1300. The summed E-state index contributed by atoms with van der Waals surface area (Å²) in [6, 6.07) is 10.2. The van der Waals surface area contributed by atoms with Crippen LogP contribution in [0, 0.1) is 6.92 Å². The Morgan fingerprint density at radius 1 is 1.06 bits per heavy atom. The quantitative estimate of drug-likeness (QED) is 0.359. The van der Waals surface area contributed by atoms with Gasteiger partial charge < -0.3 is 19.4 Å². The second-order valence-corrected chi connectivity index (χ2v) is 9.28. The normalized spacial score (nSPS) is 14.2. The zero-order valence-electron chi connectivity index (χ0n) is 20.8. The number of hydrogen-bond acceptors (Lipinski definition) is 6. The van der Waals surface area contributed by atoms with Gasteiger partial charge in [0.2, 0.25) is 0 Å². The molecule has 1 aliphatic rings. The lowest BCUT2D eigenvalue weighted by atomic mass is 10.1. The SMILES string of the molecule is COc1cc2c(CCN3CCN(c4cccc(Cl)c4C)CC3)nn(Cc3cnc[nH]3)c2cc1OC.Cl. The first-order valence-electron chi connectivity index (χ1n) is 11.9. The van der Waals surface area contributed by atoms with Gasteiger partial charge in [0.05, 0.1) is 44.0 Å². The molecule has 1 N–H and O–H groups in total. The van der Waals surface area contributed by atoms with E-state index in [-0.39, 0.29) is 12.4 Å². The Balaban J connectivity index is 0.00000304. The lowest BCUT2D eigenvalue weighted by Gasteiger charge is -2.36. The Morgan fingerprint density at radius 3 is 2.50 bits per heavy atom. The molecule has 0 unspecified atom stereocenters. The van der Waals surface area contributed by atoms with Gasteiger partial charge in [0.15, 0.2) is 11.5 Å². The number of hydrogen-bond donors (Lipinski definition) is 1. The van der Waals surface area contributed by atoms with Crippen LogP contribution >= 0.6 is 24.0 Å². The number of fused-ring (bicyclic) bond motifs is 1. The number of imidazole rings is 1. The fourth-order valence-corrected chi connectivity index (χ4v) is 4.99. The second-order valence-electron chi connectivity index (χ2n) is 8.87. The highest BCUT2D eigenvalue weighted by Crippen LogP contribution is 2.34. The van der Waals surface area contributed by atoms with Gasteiger partial charge in [-0.25, -0.2) is 4.98 Å². The minimum absolute atomic E-state index is 0.